The van der Waals surface area contributed by atoms with E-state index in [1.807, 2.05) is 6.07 Å². The second kappa shape index (κ2) is 8.81. The van der Waals surface area contributed by atoms with Crippen LogP contribution in [0.3, 0.4) is 0 Å². The first-order valence-electron chi connectivity index (χ1n) is 8.59. The molecule has 0 amide bonds. The number of benzene rings is 2. The van der Waals surface area contributed by atoms with Crippen LogP contribution < -0.4 is 0 Å². The van der Waals surface area contributed by atoms with Gasteiger partial charge in [-0.05, 0) is 23.8 Å². The third-order valence-corrected chi connectivity index (χ3v) is 5.35. The molecular weight excluding hydrogens is 355 g/mol. The number of hydrogen-bond donors (Lipinski definition) is 0. The van der Waals surface area contributed by atoms with Crippen molar-refractivity contribution >= 4 is 29.0 Å². The molecular formula is C20H22Cl2N2O. The lowest BCUT2D eigenvalue weighted by Gasteiger charge is -2.34. The Morgan fingerprint density at radius 3 is 2.24 bits per heavy atom. The van der Waals surface area contributed by atoms with Gasteiger partial charge < -0.3 is 4.90 Å². The Morgan fingerprint density at radius 1 is 0.880 bits per heavy atom. The zero-order chi connectivity index (χ0) is 17.6. The normalized spacial score (nSPS) is 16.1. The molecule has 0 aromatic heterocycles. The molecule has 132 valence electrons. The van der Waals surface area contributed by atoms with Crippen LogP contribution in [0.15, 0.2) is 48.5 Å². The fraction of sp³-hybridized carbons (Fsp3) is 0.350. The number of hydrogen-bond acceptors (Lipinski definition) is 3. The van der Waals surface area contributed by atoms with Crippen molar-refractivity contribution in [3.8, 4) is 0 Å². The van der Waals surface area contributed by atoms with E-state index < -0.39 is 0 Å². The predicted octanol–water partition coefficient (Wildman–Crippen LogP) is 4.38. The van der Waals surface area contributed by atoms with Gasteiger partial charge in [-0.1, -0.05) is 53.5 Å². The highest BCUT2D eigenvalue weighted by Crippen LogP contribution is 2.23. The Balaban J connectivity index is 1.43. The van der Waals surface area contributed by atoms with Crippen molar-refractivity contribution in [3.63, 3.8) is 0 Å². The Bertz CT molecular complexity index is 713. The number of ketones is 1. The molecule has 0 saturated carbocycles. The lowest BCUT2D eigenvalue weighted by atomic mass is 10.1. The number of rotatable bonds is 6. The zero-order valence-corrected chi connectivity index (χ0v) is 15.6. The Hall–Kier alpha value is -1.39. The van der Waals surface area contributed by atoms with E-state index in [0.29, 0.717) is 22.0 Å². The maximum Gasteiger partial charge on any atom is 0.164 e. The molecule has 0 spiro atoms. The van der Waals surface area contributed by atoms with E-state index in [1.54, 1.807) is 18.2 Å². The minimum absolute atomic E-state index is 0.116. The van der Waals surface area contributed by atoms with Crippen molar-refractivity contribution in [1.29, 1.82) is 0 Å². The van der Waals surface area contributed by atoms with Crippen LogP contribution in [0.1, 0.15) is 22.3 Å². The van der Waals surface area contributed by atoms with Gasteiger partial charge in [0.1, 0.15) is 0 Å². The van der Waals surface area contributed by atoms with Gasteiger partial charge in [0.25, 0.3) is 0 Å². The summed E-state index contributed by atoms with van der Waals surface area (Å²) in [5.74, 6) is 0.116. The maximum absolute atomic E-state index is 12.3. The summed E-state index contributed by atoms with van der Waals surface area (Å²) in [5, 5.41) is 0.912. The topological polar surface area (TPSA) is 23.6 Å². The highest BCUT2D eigenvalue weighted by atomic mass is 35.5. The van der Waals surface area contributed by atoms with Crippen molar-refractivity contribution in [3.05, 3.63) is 69.7 Å². The zero-order valence-electron chi connectivity index (χ0n) is 14.1. The lowest BCUT2D eigenvalue weighted by molar-refractivity contribution is 0.0922. The molecule has 0 bridgehead atoms. The molecule has 0 atom stereocenters. The molecule has 3 rings (SSSR count). The van der Waals surface area contributed by atoms with Gasteiger partial charge in [-0.2, -0.15) is 0 Å². The number of Topliss-reactive ketones (excluding diaryl/α,β-unsaturated/α-hetero) is 1. The highest BCUT2D eigenvalue weighted by Gasteiger charge is 2.18. The summed E-state index contributed by atoms with van der Waals surface area (Å²) in [6.45, 7) is 5.86. The van der Waals surface area contributed by atoms with E-state index >= 15 is 0 Å². The number of piperazine rings is 1. The quantitative estimate of drug-likeness (QED) is 0.698. The SMILES string of the molecule is O=C(CCN1CCN(Cc2ccccc2)CC1)c1ccc(Cl)c(Cl)c1. The van der Waals surface area contributed by atoms with Gasteiger partial charge in [-0.25, -0.2) is 0 Å². The second-order valence-electron chi connectivity index (χ2n) is 6.41. The first kappa shape index (κ1) is 18.4. The molecule has 2 aromatic rings. The van der Waals surface area contributed by atoms with Crippen molar-refractivity contribution < 1.29 is 4.79 Å². The minimum Gasteiger partial charge on any atom is -0.300 e. The van der Waals surface area contributed by atoms with Gasteiger partial charge in [0.05, 0.1) is 10.0 Å². The van der Waals surface area contributed by atoms with Gasteiger partial charge in [0.2, 0.25) is 0 Å². The fourth-order valence-electron chi connectivity index (χ4n) is 3.09. The number of nitrogens with zero attached hydrogens (tertiary/aromatic N) is 2. The van der Waals surface area contributed by atoms with Crippen molar-refractivity contribution in [1.82, 2.24) is 9.80 Å². The molecule has 25 heavy (non-hydrogen) atoms. The van der Waals surface area contributed by atoms with Crippen molar-refractivity contribution in [2.24, 2.45) is 0 Å². The van der Waals surface area contributed by atoms with Crippen LogP contribution in [0.25, 0.3) is 0 Å². The van der Waals surface area contributed by atoms with Gasteiger partial charge in [-0.15, -0.1) is 0 Å². The molecule has 1 heterocycles. The molecule has 1 fully saturated rings. The third kappa shape index (κ3) is 5.29. The lowest BCUT2D eigenvalue weighted by Crippen LogP contribution is -2.46. The van der Waals surface area contributed by atoms with Crippen molar-refractivity contribution in [2.75, 3.05) is 32.7 Å². The van der Waals surface area contributed by atoms with E-state index in [-0.39, 0.29) is 5.78 Å². The molecule has 0 radical (unpaired) electrons. The van der Waals surface area contributed by atoms with E-state index in [4.69, 9.17) is 23.2 Å². The number of halogens is 2. The highest BCUT2D eigenvalue weighted by molar-refractivity contribution is 6.42. The minimum atomic E-state index is 0.116. The molecule has 1 aliphatic heterocycles. The van der Waals surface area contributed by atoms with E-state index in [9.17, 15) is 4.79 Å². The van der Waals surface area contributed by atoms with E-state index in [1.165, 1.54) is 5.56 Å². The summed E-state index contributed by atoms with van der Waals surface area (Å²) < 4.78 is 0. The summed E-state index contributed by atoms with van der Waals surface area (Å²) in [7, 11) is 0. The molecule has 5 heteroatoms. The number of carbonyl (C=O) groups is 1. The van der Waals surface area contributed by atoms with Gasteiger partial charge in [0, 0.05) is 51.3 Å². The van der Waals surface area contributed by atoms with Crippen LogP contribution in [0.5, 0.6) is 0 Å². The average Bonchev–Trinajstić information content (AvgIpc) is 2.64. The first-order chi connectivity index (χ1) is 12.1. The largest absolute Gasteiger partial charge is 0.300 e. The van der Waals surface area contributed by atoms with E-state index in [2.05, 4.69) is 34.1 Å². The van der Waals surface area contributed by atoms with Gasteiger partial charge in [0.15, 0.2) is 5.78 Å². The Labute approximate surface area is 159 Å². The van der Waals surface area contributed by atoms with Crippen LogP contribution in [0.2, 0.25) is 10.0 Å². The molecule has 1 aliphatic rings. The average molecular weight is 377 g/mol. The molecule has 0 unspecified atom stereocenters. The predicted molar refractivity (Wildman–Crippen MR) is 104 cm³/mol. The maximum atomic E-state index is 12.3. The molecule has 0 aliphatic carbocycles. The van der Waals surface area contributed by atoms with Gasteiger partial charge >= 0.3 is 0 Å². The van der Waals surface area contributed by atoms with Crippen LogP contribution in [0, 0.1) is 0 Å². The smallest absolute Gasteiger partial charge is 0.164 e. The molecule has 1 saturated heterocycles. The summed E-state index contributed by atoms with van der Waals surface area (Å²) in [6, 6.07) is 15.6. The summed E-state index contributed by atoms with van der Waals surface area (Å²) in [6.07, 6.45) is 0.511. The summed E-state index contributed by atoms with van der Waals surface area (Å²) in [5.41, 5.74) is 1.99. The Kier molecular flexibility index (Phi) is 6.49. The summed E-state index contributed by atoms with van der Waals surface area (Å²) in [4.78, 5) is 17.1. The molecule has 3 nitrogen and oxygen atoms in total. The summed E-state index contributed by atoms with van der Waals surface area (Å²) >= 11 is 11.9. The third-order valence-electron chi connectivity index (χ3n) is 4.61. The van der Waals surface area contributed by atoms with Crippen molar-refractivity contribution in [2.45, 2.75) is 13.0 Å². The van der Waals surface area contributed by atoms with Crippen LogP contribution in [-0.4, -0.2) is 48.3 Å². The van der Waals surface area contributed by atoms with E-state index in [0.717, 1.165) is 39.3 Å². The second-order valence-corrected chi connectivity index (χ2v) is 7.22. The van der Waals surface area contributed by atoms with Crippen LogP contribution >= 0.6 is 23.2 Å². The standard InChI is InChI=1S/C20H22Cl2N2O/c21-18-7-6-17(14-19(18)22)20(25)8-9-23-10-12-24(13-11-23)15-16-4-2-1-3-5-16/h1-7,14H,8-13,15H2. The van der Waals surface area contributed by atoms with Gasteiger partial charge in [-0.3, -0.25) is 9.69 Å². The van der Waals surface area contributed by atoms with Crippen LogP contribution in [-0.2, 0) is 6.54 Å². The monoisotopic (exact) mass is 376 g/mol. The van der Waals surface area contributed by atoms with Crippen LogP contribution in [0.4, 0.5) is 0 Å². The fourth-order valence-corrected chi connectivity index (χ4v) is 3.38. The first-order valence-corrected chi connectivity index (χ1v) is 9.34. The molecule has 2 aromatic carbocycles. The Morgan fingerprint density at radius 2 is 1.56 bits per heavy atom. The molecule has 0 N–H and O–H groups in total. The number of carbonyl (C=O) groups excluding carboxylic acids is 1.